The molecule has 1 saturated heterocycles. The van der Waals surface area contributed by atoms with Gasteiger partial charge in [-0.15, -0.1) is 0 Å². The number of aromatic nitrogens is 1. The van der Waals surface area contributed by atoms with Crippen LogP contribution >= 0.6 is 0 Å². The van der Waals surface area contributed by atoms with Crippen LogP contribution in [-0.4, -0.2) is 55.5 Å². The lowest BCUT2D eigenvalue weighted by Gasteiger charge is -2.26. The Morgan fingerprint density at radius 2 is 2.09 bits per heavy atom. The zero-order valence-electron chi connectivity index (χ0n) is 13.6. The SMILES string of the molecule is CC(C)(C)c1cc(NC(=O)NCCCN2CCOCC2)no1. The van der Waals surface area contributed by atoms with Crippen molar-refractivity contribution in [2.75, 3.05) is 44.7 Å². The van der Waals surface area contributed by atoms with Gasteiger partial charge >= 0.3 is 6.03 Å². The van der Waals surface area contributed by atoms with E-state index < -0.39 is 0 Å². The molecular formula is C15H26N4O3. The highest BCUT2D eigenvalue weighted by Crippen LogP contribution is 2.24. The maximum absolute atomic E-state index is 11.8. The molecule has 124 valence electrons. The summed E-state index contributed by atoms with van der Waals surface area (Å²) in [5.74, 6) is 1.19. The van der Waals surface area contributed by atoms with Crippen LogP contribution in [-0.2, 0) is 10.2 Å². The number of carbonyl (C=O) groups excluding carboxylic acids is 1. The molecule has 2 amide bonds. The summed E-state index contributed by atoms with van der Waals surface area (Å²) in [5.41, 5.74) is -0.123. The Labute approximate surface area is 131 Å². The third-order valence-corrected chi connectivity index (χ3v) is 3.53. The lowest BCUT2D eigenvalue weighted by atomic mass is 9.93. The first-order valence-electron chi connectivity index (χ1n) is 7.77. The molecule has 0 radical (unpaired) electrons. The number of rotatable bonds is 5. The van der Waals surface area contributed by atoms with Crippen LogP contribution in [0.5, 0.6) is 0 Å². The number of urea groups is 1. The molecule has 1 fully saturated rings. The molecular weight excluding hydrogens is 284 g/mol. The van der Waals surface area contributed by atoms with Gasteiger partial charge in [-0.3, -0.25) is 10.2 Å². The number of nitrogens with one attached hydrogen (secondary N) is 2. The highest BCUT2D eigenvalue weighted by atomic mass is 16.5. The Kier molecular flexibility index (Phi) is 5.79. The summed E-state index contributed by atoms with van der Waals surface area (Å²) in [6, 6.07) is 1.50. The summed E-state index contributed by atoms with van der Waals surface area (Å²) in [7, 11) is 0. The Morgan fingerprint density at radius 3 is 2.73 bits per heavy atom. The molecule has 1 aliphatic rings. The molecule has 2 heterocycles. The maximum atomic E-state index is 11.8. The second kappa shape index (κ2) is 7.60. The average molecular weight is 310 g/mol. The van der Waals surface area contributed by atoms with Gasteiger partial charge in [-0.05, 0) is 13.0 Å². The van der Waals surface area contributed by atoms with E-state index in [0.717, 1.165) is 45.0 Å². The van der Waals surface area contributed by atoms with Crippen molar-refractivity contribution in [3.8, 4) is 0 Å². The molecule has 0 unspecified atom stereocenters. The van der Waals surface area contributed by atoms with E-state index in [2.05, 4.69) is 20.7 Å². The van der Waals surface area contributed by atoms with Gasteiger partial charge in [0.05, 0.1) is 13.2 Å². The molecule has 0 aliphatic carbocycles. The monoisotopic (exact) mass is 310 g/mol. The van der Waals surface area contributed by atoms with E-state index in [-0.39, 0.29) is 11.4 Å². The van der Waals surface area contributed by atoms with Gasteiger partial charge < -0.3 is 14.6 Å². The first-order chi connectivity index (χ1) is 10.4. The zero-order chi connectivity index (χ0) is 16.0. The van der Waals surface area contributed by atoms with Crippen molar-refractivity contribution in [2.24, 2.45) is 0 Å². The molecule has 22 heavy (non-hydrogen) atoms. The van der Waals surface area contributed by atoms with Crippen molar-refractivity contribution in [1.29, 1.82) is 0 Å². The van der Waals surface area contributed by atoms with Gasteiger partial charge in [-0.25, -0.2) is 4.79 Å². The third kappa shape index (κ3) is 5.31. The standard InChI is InChI=1S/C15H26N4O3/c1-15(2,3)12-11-13(18-22-12)17-14(20)16-5-4-6-19-7-9-21-10-8-19/h11H,4-10H2,1-3H3,(H2,16,17,18,20). The fraction of sp³-hybridized carbons (Fsp3) is 0.733. The number of nitrogens with zero attached hydrogens (tertiary/aromatic N) is 2. The van der Waals surface area contributed by atoms with Gasteiger partial charge in [0.15, 0.2) is 5.82 Å². The van der Waals surface area contributed by atoms with Gasteiger partial charge in [0.2, 0.25) is 0 Å². The van der Waals surface area contributed by atoms with Crippen LogP contribution in [0.25, 0.3) is 0 Å². The Balaban J connectivity index is 1.64. The molecule has 0 saturated carbocycles. The number of hydrogen-bond donors (Lipinski definition) is 2. The van der Waals surface area contributed by atoms with Crippen LogP contribution < -0.4 is 10.6 Å². The molecule has 0 aromatic carbocycles. The first kappa shape index (κ1) is 16.8. The van der Waals surface area contributed by atoms with Crippen LogP contribution in [0.3, 0.4) is 0 Å². The lowest BCUT2D eigenvalue weighted by Crippen LogP contribution is -2.38. The minimum Gasteiger partial charge on any atom is -0.379 e. The number of carbonyl (C=O) groups is 1. The molecule has 7 heteroatoms. The van der Waals surface area contributed by atoms with Crippen LogP contribution in [0.1, 0.15) is 33.0 Å². The van der Waals surface area contributed by atoms with Crippen LogP contribution in [0.4, 0.5) is 10.6 Å². The van der Waals surface area contributed by atoms with Gasteiger partial charge in [0.1, 0.15) is 5.76 Å². The second-order valence-corrected chi connectivity index (χ2v) is 6.51. The highest BCUT2D eigenvalue weighted by Gasteiger charge is 2.20. The van der Waals surface area contributed by atoms with E-state index in [9.17, 15) is 4.79 Å². The third-order valence-electron chi connectivity index (χ3n) is 3.53. The van der Waals surface area contributed by atoms with Crippen LogP contribution in [0.15, 0.2) is 10.6 Å². The van der Waals surface area contributed by atoms with E-state index in [4.69, 9.17) is 9.26 Å². The van der Waals surface area contributed by atoms with E-state index in [1.54, 1.807) is 6.07 Å². The molecule has 0 bridgehead atoms. The van der Waals surface area contributed by atoms with Crippen molar-refractivity contribution in [3.05, 3.63) is 11.8 Å². The van der Waals surface area contributed by atoms with Gasteiger partial charge in [0, 0.05) is 31.1 Å². The van der Waals surface area contributed by atoms with Gasteiger partial charge in [-0.2, -0.15) is 0 Å². The first-order valence-corrected chi connectivity index (χ1v) is 7.77. The molecule has 2 N–H and O–H groups in total. The molecule has 1 aromatic heterocycles. The average Bonchev–Trinajstić information content (AvgIpc) is 2.93. The molecule has 7 nitrogen and oxygen atoms in total. The number of hydrogen-bond acceptors (Lipinski definition) is 5. The van der Waals surface area contributed by atoms with Crippen molar-refractivity contribution in [2.45, 2.75) is 32.6 Å². The topological polar surface area (TPSA) is 79.6 Å². The summed E-state index contributed by atoms with van der Waals surface area (Å²) in [5, 5.41) is 9.37. The Morgan fingerprint density at radius 1 is 1.36 bits per heavy atom. The van der Waals surface area contributed by atoms with E-state index >= 15 is 0 Å². The Hall–Kier alpha value is -1.60. The van der Waals surface area contributed by atoms with Gasteiger partial charge in [-0.1, -0.05) is 25.9 Å². The van der Waals surface area contributed by atoms with Crippen molar-refractivity contribution in [1.82, 2.24) is 15.4 Å². The summed E-state index contributed by atoms with van der Waals surface area (Å²) in [6.07, 6.45) is 0.916. The predicted octanol–water partition coefficient (Wildman–Crippen LogP) is 1.82. The van der Waals surface area contributed by atoms with Crippen LogP contribution in [0.2, 0.25) is 0 Å². The highest BCUT2D eigenvalue weighted by molar-refractivity contribution is 5.88. The van der Waals surface area contributed by atoms with E-state index in [1.165, 1.54) is 0 Å². The molecule has 1 aliphatic heterocycles. The second-order valence-electron chi connectivity index (χ2n) is 6.51. The summed E-state index contributed by atoms with van der Waals surface area (Å²) < 4.78 is 10.5. The fourth-order valence-electron chi connectivity index (χ4n) is 2.18. The summed E-state index contributed by atoms with van der Waals surface area (Å²) in [4.78, 5) is 14.1. The number of amides is 2. The fourth-order valence-corrected chi connectivity index (χ4v) is 2.18. The normalized spacial score (nSPS) is 16.5. The number of anilines is 1. The van der Waals surface area contributed by atoms with Crippen molar-refractivity contribution >= 4 is 11.8 Å². The minimum absolute atomic E-state index is 0.123. The maximum Gasteiger partial charge on any atom is 0.320 e. The summed E-state index contributed by atoms with van der Waals surface area (Å²) >= 11 is 0. The summed E-state index contributed by atoms with van der Waals surface area (Å²) in [6.45, 7) is 11.2. The molecule has 0 atom stereocenters. The van der Waals surface area contributed by atoms with E-state index in [0.29, 0.717) is 12.4 Å². The molecule has 2 rings (SSSR count). The molecule has 1 aromatic rings. The largest absolute Gasteiger partial charge is 0.379 e. The zero-order valence-corrected chi connectivity index (χ0v) is 13.6. The van der Waals surface area contributed by atoms with E-state index in [1.807, 2.05) is 20.8 Å². The van der Waals surface area contributed by atoms with Crippen molar-refractivity contribution in [3.63, 3.8) is 0 Å². The van der Waals surface area contributed by atoms with Gasteiger partial charge in [0.25, 0.3) is 0 Å². The predicted molar refractivity (Wildman–Crippen MR) is 84.1 cm³/mol. The Bertz CT molecular complexity index is 475. The van der Waals surface area contributed by atoms with Crippen molar-refractivity contribution < 1.29 is 14.1 Å². The lowest BCUT2D eigenvalue weighted by molar-refractivity contribution is 0.0375. The number of ether oxygens (including phenoxy) is 1. The minimum atomic E-state index is -0.254. The smallest absolute Gasteiger partial charge is 0.320 e. The van der Waals surface area contributed by atoms with Crippen LogP contribution in [0, 0.1) is 0 Å². The number of morpholine rings is 1. The quantitative estimate of drug-likeness (QED) is 0.811. The molecule has 0 spiro atoms.